The Morgan fingerprint density at radius 3 is 2.64 bits per heavy atom. The highest BCUT2D eigenvalue weighted by atomic mass is 35.5. The van der Waals surface area contributed by atoms with Crippen molar-refractivity contribution in [1.29, 1.82) is 0 Å². The first-order valence-corrected chi connectivity index (χ1v) is 6.78. The maximum atomic E-state index is 12.1. The molecule has 0 fully saturated rings. The van der Waals surface area contributed by atoms with Crippen LogP contribution in [0.15, 0.2) is 27.8 Å². The van der Waals surface area contributed by atoms with Gasteiger partial charge in [-0.1, -0.05) is 0 Å². The SMILES string of the molecule is CCn1c(=O)[nH]c2cc(C(=O)NCCNC)ccc2c1=O.Cl. The van der Waals surface area contributed by atoms with Crippen LogP contribution in [0.4, 0.5) is 0 Å². The molecule has 0 saturated carbocycles. The minimum absolute atomic E-state index is 0. The number of carbonyl (C=O) groups excluding carboxylic acids is 1. The second kappa shape index (κ2) is 7.77. The lowest BCUT2D eigenvalue weighted by Crippen LogP contribution is -2.34. The van der Waals surface area contributed by atoms with Gasteiger partial charge in [0.05, 0.1) is 10.9 Å². The number of likely N-dealkylation sites (N-methyl/N-ethyl adjacent to an activating group) is 1. The van der Waals surface area contributed by atoms with Gasteiger partial charge in [0, 0.05) is 25.2 Å². The van der Waals surface area contributed by atoms with E-state index in [1.54, 1.807) is 26.1 Å². The molecule has 7 nitrogen and oxygen atoms in total. The Kier molecular flexibility index (Phi) is 6.33. The molecule has 8 heteroatoms. The Balaban J connectivity index is 0.00000242. The molecule has 120 valence electrons. The van der Waals surface area contributed by atoms with Crippen LogP contribution in [-0.4, -0.2) is 35.6 Å². The maximum absolute atomic E-state index is 12.1. The molecule has 0 aliphatic heterocycles. The molecule has 0 atom stereocenters. The maximum Gasteiger partial charge on any atom is 0.328 e. The van der Waals surface area contributed by atoms with E-state index in [0.29, 0.717) is 36.1 Å². The molecule has 0 bridgehead atoms. The average molecular weight is 327 g/mol. The van der Waals surface area contributed by atoms with Crippen LogP contribution in [0, 0.1) is 0 Å². The number of aromatic amines is 1. The Morgan fingerprint density at radius 1 is 1.27 bits per heavy atom. The molecular formula is C14H19ClN4O3. The fourth-order valence-electron chi connectivity index (χ4n) is 2.09. The number of amides is 1. The molecule has 0 aliphatic rings. The number of fused-ring (bicyclic) bond motifs is 1. The smallest absolute Gasteiger partial charge is 0.328 e. The number of halogens is 1. The molecule has 1 aromatic carbocycles. The molecule has 22 heavy (non-hydrogen) atoms. The van der Waals surface area contributed by atoms with Gasteiger partial charge in [-0.25, -0.2) is 4.79 Å². The number of H-pyrrole nitrogens is 1. The van der Waals surface area contributed by atoms with Crippen LogP contribution >= 0.6 is 12.4 Å². The fraction of sp³-hybridized carbons (Fsp3) is 0.357. The van der Waals surface area contributed by atoms with Crippen molar-refractivity contribution >= 4 is 29.2 Å². The van der Waals surface area contributed by atoms with Gasteiger partial charge in [0.2, 0.25) is 0 Å². The predicted molar refractivity (Wildman–Crippen MR) is 88.0 cm³/mol. The third-order valence-electron chi connectivity index (χ3n) is 3.22. The highest BCUT2D eigenvalue weighted by Crippen LogP contribution is 2.09. The summed E-state index contributed by atoms with van der Waals surface area (Å²) in [6.07, 6.45) is 0. The first-order valence-electron chi connectivity index (χ1n) is 6.78. The lowest BCUT2D eigenvalue weighted by molar-refractivity contribution is 0.0954. The van der Waals surface area contributed by atoms with Crippen LogP contribution in [0.2, 0.25) is 0 Å². The van der Waals surface area contributed by atoms with Gasteiger partial charge < -0.3 is 15.6 Å². The number of nitrogens with zero attached hydrogens (tertiary/aromatic N) is 1. The van der Waals surface area contributed by atoms with Gasteiger partial charge in [-0.2, -0.15) is 0 Å². The summed E-state index contributed by atoms with van der Waals surface area (Å²) in [5.74, 6) is -0.243. The van der Waals surface area contributed by atoms with Crippen LogP contribution in [0.25, 0.3) is 10.9 Å². The number of hydrogen-bond acceptors (Lipinski definition) is 4. The average Bonchev–Trinajstić information content (AvgIpc) is 2.47. The van der Waals surface area contributed by atoms with Gasteiger partial charge in [0.15, 0.2) is 0 Å². The van der Waals surface area contributed by atoms with Crippen LogP contribution in [0.1, 0.15) is 17.3 Å². The molecule has 3 N–H and O–H groups in total. The number of aromatic nitrogens is 2. The molecule has 0 aliphatic carbocycles. The van der Waals surface area contributed by atoms with E-state index in [9.17, 15) is 14.4 Å². The minimum Gasteiger partial charge on any atom is -0.351 e. The Labute approximate surface area is 133 Å². The summed E-state index contributed by atoms with van der Waals surface area (Å²) in [7, 11) is 1.80. The van der Waals surface area contributed by atoms with E-state index in [4.69, 9.17) is 0 Å². The highest BCUT2D eigenvalue weighted by molar-refractivity contribution is 5.97. The summed E-state index contributed by atoms with van der Waals surface area (Å²) in [5.41, 5.74) is -0.0417. The fourth-order valence-corrected chi connectivity index (χ4v) is 2.09. The van der Waals surface area contributed by atoms with Crippen molar-refractivity contribution in [3.8, 4) is 0 Å². The van der Waals surface area contributed by atoms with Crippen molar-refractivity contribution in [1.82, 2.24) is 20.2 Å². The molecule has 2 rings (SSSR count). The number of hydrogen-bond donors (Lipinski definition) is 3. The summed E-state index contributed by atoms with van der Waals surface area (Å²) < 4.78 is 1.12. The van der Waals surface area contributed by atoms with E-state index >= 15 is 0 Å². The molecule has 0 radical (unpaired) electrons. The summed E-state index contributed by atoms with van der Waals surface area (Å²) >= 11 is 0. The second-order valence-electron chi connectivity index (χ2n) is 4.60. The Hall–Kier alpha value is -2.12. The van der Waals surface area contributed by atoms with Gasteiger partial charge in [0.25, 0.3) is 11.5 Å². The van der Waals surface area contributed by atoms with E-state index in [0.717, 1.165) is 4.57 Å². The van der Waals surface area contributed by atoms with Crippen LogP contribution < -0.4 is 21.9 Å². The van der Waals surface area contributed by atoms with Crippen molar-refractivity contribution in [2.75, 3.05) is 20.1 Å². The predicted octanol–water partition coefficient (Wildman–Crippen LogP) is 0.0807. The summed E-state index contributed by atoms with van der Waals surface area (Å²) in [6, 6.07) is 4.66. The lowest BCUT2D eigenvalue weighted by atomic mass is 10.1. The number of benzene rings is 1. The third-order valence-corrected chi connectivity index (χ3v) is 3.22. The largest absolute Gasteiger partial charge is 0.351 e. The summed E-state index contributed by atoms with van der Waals surface area (Å²) in [4.78, 5) is 38.5. The van der Waals surface area contributed by atoms with E-state index in [-0.39, 0.29) is 23.9 Å². The van der Waals surface area contributed by atoms with Crippen molar-refractivity contribution in [2.45, 2.75) is 13.5 Å². The quantitative estimate of drug-likeness (QED) is 0.678. The molecule has 0 spiro atoms. The van der Waals surface area contributed by atoms with Gasteiger partial charge in [-0.3, -0.25) is 14.2 Å². The van der Waals surface area contributed by atoms with Crippen molar-refractivity contribution < 1.29 is 4.79 Å². The second-order valence-corrected chi connectivity index (χ2v) is 4.60. The molecule has 0 saturated heterocycles. The molecule has 2 aromatic rings. The number of carbonyl (C=O) groups is 1. The molecule has 1 amide bonds. The van der Waals surface area contributed by atoms with E-state index in [1.165, 1.54) is 6.07 Å². The van der Waals surface area contributed by atoms with Crippen LogP contribution in [-0.2, 0) is 6.54 Å². The third kappa shape index (κ3) is 3.55. The van der Waals surface area contributed by atoms with E-state index in [2.05, 4.69) is 15.6 Å². The zero-order valence-corrected chi connectivity index (χ0v) is 13.3. The number of nitrogens with one attached hydrogen (secondary N) is 3. The van der Waals surface area contributed by atoms with Gasteiger partial charge >= 0.3 is 5.69 Å². The highest BCUT2D eigenvalue weighted by Gasteiger charge is 2.10. The summed E-state index contributed by atoms with van der Waals surface area (Å²) in [6.45, 7) is 3.20. The summed E-state index contributed by atoms with van der Waals surface area (Å²) in [5, 5.41) is 6.06. The topological polar surface area (TPSA) is 96.0 Å². The Bertz CT molecular complexity index is 782. The van der Waals surface area contributed by atoms with Crippen LogP contribution in [0.3, 0.4) is 0 Å². The molecule has 1 aromatic heterocycles. The van der Waals surface area contributed by atoms with Gasteiger partial charge in [0.1, 0.15) is 0 Å². The normalized spacial score (nSPS) is 10.3. The first-order chi connectivity index (χ1) is 10.1. The zero-order chi connectivity index (χ0) is 15.4. The number of rotatable bonds is 5. The zero-order valence-electron chi connectivity index (χ0n) is 12.4. The monoisotopic (exact) mass is 326 g/mol. The van der Waals surface area contributed by atoms with Crippen molar-refractivity contribution in [3.63, 3.8) is 0 Å². The van der Waals surface area contributed by atoms with Gasteiger partial charge in [-0.05, 0) is 32.2 Å². The first kappa shape index (κ1) is 17.9. The van der Waals surface area contributed by atoms with E-state index < -0.39 is 5.69 Å². The van der Waals surface area contributed by atoms with Gasteiger partial charge in [-0.15, -0.1) is 12.4 Å². The van der Waals surface area contributed by atoms with Crippen molar-refractivity contribution in [3.05, 3.63) is 44.6 Å². The molecular weight excluding hydrogens is 308 g/mol. The molecule has 0 unspecified atom stereocenters. The van der Waals surface area contributed by atoms with Crippen LogP contribution in [0.5, 0.6) is 0 Å². The minimum atomic E-state index is -0.470. The Morgan fingerprint density at radius 2 is 2.00 bits per heavy atom. The molecule has 1 heterocycles. The van der Waals surface area contributed by atoms with E-state index in [1.807, 2.05) is 0 Å². The van der Waals surface area contributed by atoms with Crippen molar-refractivity contribution in [2.24, 2.45) is 0 Å². The standard InChI is InChI=1S/C14H18N4O3.ClH/c1-3-18-13(20)10-5-4-9(8-11(10)17-14(18)21)12(19)16-7-6-15-2;/h4-5,8,15H,3,6-7H2,1-2H3,(H,16,19)(H,17,21);1H. The lowest BCUT2D eigenvalue weighted by Gasteiger charge is -2.07.